The molecule has 1 saturated heterocycles. The number of rotatable bonds is 3. The van der Waals surface area contributed by atoms with Crippen LogP contribution in [0.4, 0.5) is 5.69 Å². The van der Waals surface area contributed by atoms with Crippen LogP contribution in [0.25, 0.3) is 0 Å². The lowest BCUT2D eigenvalue weighted by Crippen LogP contribution is -2.35. The predicted octanol–water partition coefficient (Wildman–Crippen LogP) is 1.15. The Labute approximate surface area is 102 Å². The number of benzene rings is 1. The van der Waals surface area contributed by atoms with Gasteiger partial charge in [0.15, 0.2) is 0 Å². The van der Waals surface area contributed by atoms with E-state index in [2.05, 4.69) is 5.43 Å². The van der Waals surface area contributed by atoms with Gasteiger partial charge >= 0.3 is 0 Å². The maximum atomic E-state index is 11.4. The SMILES string of the molecule is NS(=O)(=O)c1ccccc1NN1CCCCC1. The molecule has 17 heavy (non-hydrogen) atoms. The van der Waals surface area contributed by atoms with Gasteiger partial charge in [0.1, 0.15) is 4.90 Å². The van der Waals surface area contributed by atoms with Crippen LogP contribution >= 0.6 is 0 Å². The van der Waals surface area contributed by atoms with Crippen molar-refractivity contribution < 1.29 is 8.42 Å². The number of primary sulfonamides is 1. The fourth-order valence-corrected chi connectivity index (χ4v) is 2.67. The Morgan fingerprint density at radius 2 is 1.76 bits per heavy atom. The van der Waals surface area contributed by atoms with Crippen LogP contribution in [-0.2, 0) is 10.0 Å². The van der Waals surface area contributed by atoms with Crippen molar-refractivity contribution in [3.63, 3.8) is 0 Å². The van der Waals surface area contributed by atoms with Gasteiger partial charge in [-0.05, 0) is 25.0 Å². The van der Waals surface area contributed by atoms with Crippen LogP contribution in [0.1, 0.15) is 19.3 Å². The van der Waals surface area contributed by atoms with Crippen molar-refractivity contribution >= 4 is 15.7 Å². The molecule has 0 saturated carbocycles. The first-order chi connectivity index (χ1) is 8.07. The Bertz CT molecular complexity index is 481. The van der Waals surface area contributed by atoms with Crippen LogP contribution in [0.15, 0.2) is 29.2 Å². The van der Waals surface area contributed by atoms with Gasteiger partial charge in [-0.25, -0.2) is 18.6 Å². The van der Waals surface area contributed by atoms with E-state index in [1.165, 1.54) is 12.5 Å². The number of sulfonamides is 1. The third-order valence-electron chi connectivity index (χ3n) is 2.83. The summed E-state index contributed by atoms with van der Waals surface area (Å²) in [5.41, 5.74) is 3.68. The van der Waals surface area contributed by atoms with Crippen LogP contribution in [0.3, 0.4) is 0 Å². The monoisotopic (exact) mass is 255 g/mol. The second kappa shape index (κ2) is 5.03. The zero-order chi connectivity index (χ0) is 12.3. The molecule has 0 spiro atoms. The number of nitrogens with two attached hydrogens (primary N) is 1. The van der Waals surface area contributed by atoms with Crippen LogP contribution < -0.4 is 10.6 Å². The average molecular weight is 255 g/mol. The highest BCUT2D eigenvalue weighted by molar-refractivity contribution is 7.89. The Hall–Kier alpha value is -1.11. The molecule has 1 heterocycles. The summed E-state index contributed by atoms with van der Waals surface area (Å²) < 4.78 is 22.8. The second-order valence-corrected chi connectivity index (χ2v) is 5.73. The van der Waals surface area contributed by atoms with Gasteiger partial charge in [0.05, 0.1) is 5.69 Å². The van der Waals surface area contributed by atoms with E-state index in [-0.39, 0.29) is 4.90 Å². The highest BCUT2D eigenvalue weighted by atomic mass is 32.2. The molecule has 0 bridgehead atoms. The van der Waals surface area contributed by atoms with Crippen molar-refractivity contribution in [1.82, 2.24) is 5.01 Å². The van der Waals surface area contributed by atoms with Crippen molar-refractivity contribution in [2.24, 2.45) is 5.14 Å². The summed E-state index contributed by atoms with van der Waals surface area (Å²) in [6.07, 6.45) is 3.49. The number of hydrazine groups is 1. The molecule has 1 aromatic carbocycles. The average Bonchev–Trinajstić information content (AvgIpc) is 2.30. The summed E-state index contributed by atoms with van der Waals surface area (Å²) in [5.74, 6) is 0. The van der Waals surface area contributed by atoms with Crippen molar-refractivity contribution in [3.05, 3.63) is 24.3 Å². The number of piperidine rings is 1. The molecule has 3 N–H and O–H groups in total. The zero-order valence-electron chi connectivity index (χ0n) is 9.59. The quantitative estimate of drug-likeness (QED) is 0.849. The van der Waals surface area contributed by atoms with E-state index in [1.807, 2.05) is 5.01 Å². The van der Waals surface area contributed by atoms with Crippen molar-refractivity contribution in [3.8, 4) is 0 Å². The van der Waals surface area contributed by atoms with Gasteiger partial charge in [-0.2, -0.15) is 0 Å². The summed E-state index contributed by atoms with van der Waals surface area (Å²) in [4.78, 5) is 0.144. The molecule has 5 nitrogen and oxygen atoms in total. The fraction of sp³-hybridized carbons (Fsp3) is 0.455. The molecule has 1 aliphatic rings. The first kappa shape index (κ1) is 12.3. The summed E-state index contributed by atoms with van der Waals surface area (Å²) in [6.45, 7) is 1.86. The minimum absolute atomic E-state index is 0.144. The first-order valence-electron chi connectivity index (χ1n) is 5.71. The number of hydrogen-bond acceptors (Lipinski definition) is 4. The summed E-state index contributed by atoms with van der Waals surface area (Å²) in [5, 5.41) is 7.21. The van der Waals surface area contributed by atoms with Crippen molar-refractivity contribution in [1.29, 1.82) is 0 Å². The zero-order valence-corrected chi connectivity index (χ0v) is 10.4. The van der Waals surface area contributed by atoms with Crippen LogP contribution in [-0.4, -0.2) is 26.5 Å². The van der Waals surface area contributed by atoms with Crippen LogP contribution in [0, 0.1) is 0 Å². The van der Waals surface area contributed by atoms with Gasteiger partial charge in [0, 0.05) is 13.1 Å². The fourth-order valence-electron chi connectivity index (χ4n) is 1.98. The molecule has 0 aromatic heterocycles. The van der Waals surface area contributed by atoms with Crippen molar-refractivity contribution in [2.75, 3.05) is 18.5 Å². The van der Waals surface area contributed by atoms with Gasteiger partial charge in [0.25, 0.3) is 0 Å². The summed E-state index contributed by atoms with van der Waals surface area (Å²) >= 11 is 0. The Morgan fingerprint density at radius 3 is 2.41 bits per heavy atom. The highest BCUT2D eigenvalue weighted by Crippen LogP contribution is 2.21. The second-order valence-electron chi connectivity index (χ2n) is 4.20. The molecule has 0 radical (unpaired) electrons. The standard InChI is InChI=1S/C11H17N3O2S/c12-17(15,16)11-7-3-2-6-10(11)13-14-8-4-1-5-9-14/h2-3,6-7,13H,1,4-5,8-9H2,(H2,12,15,16). The Kier molecular flexibility index (Phi) is 3.66. The number of anilines is 1. The molecule has 0 unspecified atom stereocenters. The topological polar surface area (TPSA) is 75.4 Å². The number of nitrogens with zero attached hydrogens (tertiary/aromatic N) is 1. The maximum Gasteiger partial charge on any atom is 0.240 e. The lowest BCUT2D eigenvalue weighted by Gasteiger charge is -2.28. The molecule has 2 rings (SSSR count). The molecule has 94 valence electrons. The van der Waals surface area contributed by atoms with Gasteiger partial charge in [-0.3, -0.25) is 0 Å². The van der Waals surface area contributed by atoms with Gasteiger partial charge < -0.3 is 5.43 Å². The molecular weight excluding hydrogens is 238 g/mol. The molecule has 1 aromatic rings. The number of hydrogen-bond donors (Lipinski definition) is 2. The minimum Gasteiger partial charge on any atom is -0.318 e. The molecule has 0 aliphatic carbocycles. The van der Waals surface area contributed by atoms with Crippen LogP contribution in [0.5, 0.6) is 0 Å². The summed E-state index contributed by atoms with van der Waals surface area (Å²) in [7, 11) is -3.67. The predicted molar refractivity (Wildman–Crippen MR) is 66.9 cm³/mol. The smallest absolute Gasteiger partial charge is 0.240 e. The van der Waals surface area contributed by atoms with Crippen molar-refractivity contribution in [2.45, 2.75) is 24.2 Å². The lowest BCUT2D eigenvalue weighted by atomic mass is 10.2. The molecule has 1 aliphatic heterocycles. The largest absolute Gasteiger partial charge is 0.318 e. The Morgan fingerprint density at radius 1 is 1.12 bits per heavy atom. The third-order valence-corrected chi connectivity index (χ3v) is 3.80. The normalized spacial score (nSPS) is 17.9. The van der Waals surface area contributed by atoms with Gasteiger partial charge in [-0.1, -0.05) is 18.6 Å². The molecular formula is C11H17N3O2S. The van der Waals surface area contributed by atoms with Gasteiger partial charge in [-0.15, -0.1) is 0 Å². The third kappa shape index (κ3) is 3.18. The molecule has 0 amide bonds. The van der Waals surface area contributed by atoms with E-state index < -0.39 is 10.0 Å². The van der Waals surface area contributed by atoms with Crippen LogP contribution in [0.2, 0.25) is 0 Å². The summed E-state index contributed by atoms with van der Waals surface area (Å²) in [6, 6.07) is 6.71. The van der Waals surface area contributed by atoms with E-state index in [4.69, 9.17) is 5.14 Å². The van der Waals surface area contributed by atoms with E-state index in [1.54, 1.807) is 18.2 Å². The van der Waals surface area contributed by atoms with E-state index >= 15 is 0 Å². The van der Waals surface area contributed by atoms with Gasteiger partial charge in [0.2, 0.25) is 10.0 Å². The number of nitrogens with one attached hydrogen (secondary N) is 1. The Balaban J connectivity index is 2.20. The highest BCUT2D eigenvalue weighted by Gasteiger charge is 2.16. The number of para-hydroxylation sites is 1. The molecule has 6 heteroatoms. The van der Waals surface area contributed by atoms with E-state index in [9.17, 15) is 8.42 Å². The van der Waals surface area contributed by atoms with E-state index in [0.717, 1.165) is 25.9 Å². The van der Waals surface area contributed by atoms with E-state index in [0.29, 0.717) is 5.69 Å². The lowest BCUT2D eigenvalue weighted by molar-refractivity contribution is 0.272. The first-order valence-corrected chi connectivity index (χ1v) is 7.25. The maximum absolute atomic E-state index is 11.4. The minimum atomic E-state index is -3.67. The molecule has 0 atom stereocenters. The molecule has 1 fully saturated rings.